The maximum Gasteiger partial charge on any atom is 0.223 e. The van der Waals surface area contributed by atoms with Gasteiger partial charge in [-0.1, -0.05) is 33.1 Å². The van der Waals surface area contributed by atoms with Gasteiger partial charge in [0.2, 0.25) is 5.91 Å². The molecule has 0 bridgehead atoms. The smallest absolute Gasteiger partial charge is 0.223 e. The maximum absolute atomic E-state index is 12.8. The minimum Gasteiger partial charge on any atom is -0.349 e. The Balaban J connectivity index is 1.60. The fourth-order valence-corrected chi connectivity index (χ4v) is 4.46. The Bertz CT molecular complexity index is 812. The molecule has 2 aliphatic carbocycles. The summed E-state index contributed by atoms with van der Waals surface area (Å²) in [6.45, 7) is 4.50. The van der Waals surface area contributed by atoms with E-state index in [0.717, 1.165) is 42.5 Å². The molecular formula is C22H28N4O. The molecule has 1 amide bonds. The zero-order valence-corrected chi connectivity index (χ0v) is 16.2. The molecule has 2 aliphatic rings. The van der Waals surface area contributed by atoms with Crippen LogP contribution in [-0.4, -0.2) is 20.9 Å². The highest BCUT2D eigenvalue weighted by Gasteiger charge is 2.35. The highest BCUT2D eigenvalue weighted by atomic mass is 16.1. The van der Waals surface area contributed by atoms with E-state index in [2.05, 4.69) is 29.1 Å². The van der Waals surface area contributed by atoms with Crippen molar-refractivity contribution in [3.63, 3.8) is 0 Å². The van der Waals surface area contributed by atoms with Gasteiger partial charge in [-0.05, 0) is 43.2 Å². The van der Waals surface area contributed by atoms with Crippen LogP contribution in [-0.2, 0) is 11.2 Å². The van der Waals surface area contributed by atoms with Crippen LogP contribution in [0.25, 0.3) is 11.4 Å². The molecule has 0 spiro atoms. The zero-order valence-electron chi connectivity index (χ0n) is 16.2. The van der Waals surface area contributed by atoms with Gasteiger partial charge in [-0.2, -0.15) is 0 Å². The zero-order chi connectivity index (χ0) is 18.9. The normalized spacial score (nSPS) is 22.1. The van der Waals surface area contributed by atoms with Gasteiger partial charge in [-0.3, -0.25) is 9.78 Å². The molecule has 2 heterocycles. The molecule has 2 aromatic rings. The van der Waals surface area contributed by atoms with E-state index in [1.807, 2.05) is 18.3 Å². The highest BCUT2D eigenvalue weighted by Crippen LogP contribution is 2.40. The number of rotatable bonds is 3. The van der Waals surface area contributed by atoms with Crippen LogP contribution in [0.2, 0.25) is 0 Å². The Morgan fingerprint density at radius 1 is 1.19 bits per heavy atom. The van der Waals surface area contributed by atoms with Crippen LogP contribution in [0, 0.1) is 11.3 Å². The summed E-state index contributed by atoms with van der Waals surface area (Å²) < 4.78 is 0. The Hall–Kier alpha value is -2.30. The van der Waals surface area contributed by atoms with Gasteiger partial charge in [-0.25, -0.2) is 9.97 Å². The second-order valence-corrected chi connectivity index (χ2v) is 8.78. The first-order valence-corrected chi connectivity index (χ1v) is 10.1. The van der Waals surface area contributed by atoms with Crippen LogP contribution < -0.4 is 5.32 Å². The molecule has 1 N–H and O–H groups in total. The number of hydrogen-bond acceptors (Lipinski definition) is 4. The lowest BCUT2D eigenvalue weighted by Gasteiger charge is -2.37. The Labute approximate surface area is 161 Å². The van der Waals surface area contributed by atoms with Crippen LogP contribution in [0.15, 0.2) is 30.7 Å². The molecule has 0 aromatic carbocycles. The van der Waals surface area contributed by atoms with Crippen LogP contribution >= 0.6 is 0 Å². The van der Waals surface area contributed by atoms with E-state index in [9.17, 15) is 4.79 Å². The number of nitrogens with zero attached hydrogens (tertiary/aromatic N) is 3. The third kappa shape index (κ3) is 4.02. The summed E-state index contributed by atoms with van der Waals surface area (Å²) in [6, 6.07) is 3.88. The molecule has 5 heteroatoms. The van der Waals surface area contributed by atoms with Crippen molar-refractivity contribution in [3.05, 3.63) is 42.0 Å². The molecule has 2 aromatic heterocycles. The summed E-state index contributed by atoms with van der Waals surface area (Å²) in [7, 11) is 0. The molecule has 0 radical (unpaired) electrons. The van der Waals surface area contributed by atoms with Gasteiger partial charge in [0.1, 0.15) is 0 Å². The molecule has 1 saturated carbocycles. The van der Waals surface area contributed by atoms with Gasteiger partial charge >= 0.3 is 0 Å². The highest BCUT2D eigenvalue weighted by molar-refractivity contribution is 5.79. The summed E-state index contributed by atoms with van der Waals surface area (Å²) in [4.78, 5) is 26.4. The number of pyridine rings is 1. The standard InChI is InChI=1S/C22H28N4O/c1-22(2)11-18-17(14-24-20(25-18)16-9-6-10-23-13-16)19(12-22)26-21(27)15-7-4-3-5-8-15/h6,9-10,13-15,19H,3-5,7-8,11-12H2,1-2H3,(H,26,27). The predicted molar refractivity (Wildman–Crippen MR) is 105 cm³/mol. The third-order valence-corrected chi connectivity index (χ3v) is 5.89. The third-order valence-electron chi connectivity index (χ3n) is 5.89. The molecule has 0 saturated heterocycles. The topological polar surface area (TPSA) is 67.8 Å². The fraction of sp³-hybridized carbons (Fsp3) is 0.545. The van der Waals surface area contributed by atoms with Gasteiger partial charge < -0.3 is 5.32 Å². The maximum atomic E-state index is 12.8. The lowest BCUT2D eigenvalue weighted by atomic mass is 9.74. The van der Waals surface area contributed by atoms with Gasteiger partial charge in [0, 0.05) is 35.6 Å². The quantitative estimate of drug-likeness (QED) is 0.884. The molecule has 5 nitrogen and oxygen atoms in total. The first kappa shape index (κ1) is 18.1. The number of hydrogen-bond donors (Lipinski definition) is 1. The average Bonchev–Trinajstić information content (AvgIpc) is 2.68. The molecule has 0 aliphatic heterocycles. The van der Waals surface area contributed by atoms with Crippen molar-refractivity contribution in [2.24, 2.45) is 11.3 Å². The van der Waals surface area contributed by atoms with E-state index in [4.69, 9.17) is 4.98 Å². The van der Waals surface area contributed by atoms with Gasteiger partial charge in [0.25, 0.3) is 0 Å². The average molecular weight is 364 g/mol. The molecule has 27 heavy (non-hydrogen) atoms. The van der Waals surface area contributed by atoms with Crippen LogP contribution in [0.5, 0.6) is 0 Å². The summed E-state index contributed by atoms with van der Waals surface area (Å²) in [5.41, 5.74) is 3.14. The first-order valence-electron chi connectivity index (χ1n) is 10.1. The van der Waals surface area contributed by atoms with E-state index < -0.39 is 0 Å². The molecule has 142 valence electrons. The van der Waals surface area contributed by atoms with Crippen molar-refractivity contribution < 1.29 is 4.79 Å². The summed E-state index contributed by atoms with van der Waals surface area (Å²) in [5.74, 6) is 1.08. The number of carbonyl (C=O) groups excluding carboxylic acids is 1. The van der Waals surface area contributed by atoms with Crippen molar-refractivity contribution >= 4 is 5.91 Å². The van der Waals surface area contributed by atoms with Gasteiger partial charge in [0.15, 0.2) is 5.82 Å². The lowest BCUT2D eigenvalue weighted by molar-refractivity contribution is -0.127. The summed E-state index contributed by atoms with van der Waals surface area (Å²) in [6.07, 6.45) is 12.9. The van der Waals surface area contributed by atoms with E-state index in [0.29, 0.717) is 5.82 Å². The molecule has 1 unspecified atom stereocenters. The first-order chi connectivity index (χ1) is 13.0. The van der Waals surface area contributed by atoms with Crippen LogP contribution in [0.4, 0.5) is 0 Å². The number of amides is 1. The fourth-order valence-electron chi connectivity index (χ4n) is 4.46. The molecular weight excluding hydrogens is 336 g/mol. The van der Waals surface area contributed by atoms with E-state index in [-0.39, 0.29) is 23.3 Å². The summed E-state index contributed by atoms with van der Waals surface area (Å²) >= 11 is 0. The van der Waals surface area contributed by atoms with Crippen molar-refractivity contribution in [1.29, 1.82) is 0 Å². The number of aromatic nitrogens is 3. The van der Waals surface area contributed by atoms with E-state index in [1.54, 1.807) is 12.4 Å². The lowest BCUT2D eigenvalue weighted by Crippen LogP contribution is -2.40. The number of fused-ring (bicyclic) bond motifs is 1. The predicted octanol–water partition coefficient (Wildman–Crippen LogP) is 4.25. The minimum atomic E-state index is 0.00104. The monoisotopic (exact) mass is 364 g/mol. The second kappa shape index (κ2) is 7.37. The van der Waals surface area contributed by atoms with Crippen molar-refractivity contribution in [2.75, 3.05) is 0 Å². The Morgan fingerprint density at radius 3 is 2.74 bits per heavy atom. The largest absolute Gasteiger partial charge is 0.349 e. The van der Waals surface area contributed by atoms with Crippen LogP contribution in [0.1, 0.15) is 69.7 Å². The van der Waals surface area contributed by atoms with E-state index >= 15 is 0 Å². The SMILES string of the molecule is CC1(C)Cc2nc(-c3cccnc3)ncc2C(NC(=O)C2CCCCC2)C1. The second-order valence-electron chi connectivity index (χ2n) is 8.78. The number of nitrogens with one attached hydrogen (secondary N) is 1. The molecule has 4 rings (SSSR count). The van der Waals surface area contributed by atoms with E-state index in [1.165, 1.54) is 19.3 Å². The van der Waals surface area contributed by atoms with Gasteiger partial charge in [-0.15, -0.1) is 0 Å². The Morgan fingerprint density at radius 2 is 2.00 bits per heavy atom. The minimum absolute atomic E-state index is 0.00104. The van der Waals surface area contributed by atoms with Crippen molar-refractivity contribution in [2.45, 2.75) is 64.8 Å². The summed E-state index contributed by atoms with van der Waals surface area (Å²) in [5, 5.41) is 3.33. The van der Waals surface area contributed by atoms with Crippen LogP contribution in [0.3, 0.4) is 0 Å². The van der Waals surface area contributed by atoms with Gasteiger partial charge in [0.05, 0.1) is 11.7 Å². The van der Waals surface area contributed by atoms with Crippen molar-refractivity contribution in [3.8, 4) is 11.4 Å². The molecule has 1 fully saturated rings. The van der Waals surface area contributed by atoms with Crippen molar-refractivity contribution in [1.82, 2.24) is 20.3 Å². The molecule has 1 atom stereocenters. The number of carbonyl (C=O) groups is 1. The Kier molecular flexibility index (Phi) is 4.94.